The van der Waals surface area contributed by atoms with E-state index in [9.17, 15) is 0 Å². The van der Waals surface area contributed by atoms with Gasteiger partial charge < -0.3 is 5.73 Å². The third-order valence-corrected chi connectivity index (χ3v) is 2.05. The van der Waals surface area contributed by atoms with E-state index >= 15 is 0 Å². The topological polar surface area (TPSA) is 51.8 Å². The second-order valence-corrected chi connectivity index (χ2v) is 3.03. The van der Waals surface area contributed by atoms with Crippen LogP contribution in [0, 0.1) is 0 Å². The highest BCUT2D eigenvalue weighted by molar-refractivity contribution is 7.03. The smallest absolute Gasteiger partial charge is 0.105 e. The van der Waals surface area contributed by atoms with Gasteiger partial charge in [-0.2, -0.15) is 0 Å². The molecule has 0 amide bonds. The largest absolute Gasteiger partial charge is 0.399 e. The van der Waals surface area contributed by atoms with Gasteiger partial charge in [-0.15, -0.1) is 17.5 Å². The molecule has 2 N–H and O–H groups in total. The zero-order valence-corrected chi connectivity index (χ0v) is 8.31. The number of hydrogen-bond donors (Lipinski definition) is 1. The average molecular weight is 214 g/mol. The molecule has 0 aliphatic heterocycles. The van der Waals surface area contributed by atoms with Crippen molar-refractivity contribution in [3.05, 3.63) is 29.6 Å². The summed E-state index contributed by atoms with van der Waals surface area (Å²) in [5.41, 5.74) is 8.27. The summed E-state index contributed by atoms with van der Waals surface area (Å²) in [6.07, 6.45) is 0. The molecule has 0 aliphatic rings. The molecular weight excluding hydrogens is 206 g/mol. The second kappa shape index (κ2) is 4.20. The van der Waals surface area contributed by atoms with Crippen molar-refractivity contribution < 1.29 is 0 Å². The van der Waals surface area contributed by atoms with Crippen molar-refractivity contribution >= 4 is 29.6 Å². The van der Waals surface area contributed by atoms with Crippen LogP contribution in [0.1, 0.15) is 0 Å². The molecule has 13 heavy (non-hydrogen) atoms. The number of halogens is 1. The summed E-state index contributed by atoms with van der Waals surface area (Å²) >= 11 is 1.34. The first-order valence-electron chi connectivity index (χ1n) is 3.49. The van der Waals surface area contributed by atoms with Crippen molar-refractivity contribution in [2.75, 3.05) is 5.73 Å². The van der Waals surface area contributed by atoms with Crippen LogP contribution in [0.25, 0.3) is 11.3 Å². The molecule has 0 fully saturated rings. The van der Waals surface area contributed by atoms with Gasteiger partial charge in [-0.1, -0.05) is 16.6 Å². The Morgan fingerprint density at radius 3 is 2.77 bits per heavy atom. The molecule has 1 heterocycles. The average Bonchev–Trinajstić information content (AvgIpc) is 2.56. The third-order valence-electron chi connectivity index (χ3n) is 1.54. The van der Waals surface area contributed by atoms with E-state index in [1.807, 2.05) is 29.6 Å². The standard InChI is InChI=1S/C8H7N3S.ClH/c9-7-3-1-2-6(4-7)8-5-12-11-10-8;/h1-5H,9H2;1H. The molecule has 0 spiro atoms. The molecule has 0 bridgehead atoms. The fourth-order valence-corrected chi connectivity index (χ4v) is 1.45. The van der Waals surface area contributed by atoms with E-state index < -0.39 is 0 Å². The number of aromatic nitrogens is 2. The molecule has 0 saturated heterocycles. The lowest BCUT2D eigenvalue weighted by Crippen LogP contribution is -1.84. The van der Waals surface area contributed by atoms with Gasteiger partial charge in [0.1, 0.15) is 5.69 Å². The van der Waals surface area contributed by atoms with Gasteiger partial charge in [0.25, 0.3) is 0 Å². The SMILES string of the molecule is Cl.Nc1cccc(-c2csnn2)c1. The summed E-state index contributed by atoms with van der Waals surface area (Å²) < 4.78 is 3.78. The number of nitrogen functional groups attached to an aromatic ring is 1. The van der Waals surface area contributed by atoms with E-state index in [4.69, 9.17) is 5.73 Å². The quantitative estimate of drug-likeness (QED) is 0.739. The molecule has 0 aliphatic carbocycles. The van der Waals surface area contributed by atoms with E-state index in [1.165, 1.54) is 11.5 Å². The first kappa shape index (κ1) is 9.95. The normalized spacial score (nSPS) is 9.23. The molecule has 0 unspecified atom stereocenters. The molecule has 1 aromatic heterocycles. The first-order chi connectivity index (χ1) is 5.86. The summed E-state index contributed by atoms with van der Waals surface area (Å²) in [7, 11) is 0. The van der Waals surface area contributed by atoms with Crippen LogP contribution in [0.15, 0.2) is 29.6 Å². The minimum absolute atomic E-state index is 0. The monoisotopic (exact) mass is 213 g/mol. The van der Waals surface area contributed by atoms with Crippen molar-refractivity contribution in [1.29, 1.82) is 0 Å². The maximum atomic E-state index is 5.62. The zero-order valence-electron chi connectivity index (χ0n) is 6.68. The fraction of sp³-hybridized carbons (Fsp3) is 0. The van der Waals surface area contributed by atoms with Crippen LogP contribution in [0.2, 0.25) is 0 Å². The van der Waals surface area contributed by atoms with Crippen LogP contribution in [-0.2, 0) is 0 Å². The van der Waals surface area contributed by atoms with Crippen LogP contribution < -0.4 is 5.73 Å². The second-order valence-electron chi connectivity index (χ2n) is 2.42. The molecule has 2 rings (SSSR count). The predicted octanol–water partition coefficient (Wildman–Crippen LogP) is 2.21. The maximum absolute atomic E-state index is 5.62. The van der Waals surface area contributed by atoms with Gasteiger partial charge in [0.2, 0.25) is 0 Å². The Labute approximate surface area is 86.2 Å². The van der Waals surface area contributed by atoms with Gasteiger partial charge >= 0.3 is 0 Å². The Hall–Kier alpha value is -1.13. The van der Waals surface area contributed by atoms with E-state index in [0.29, 0.717) is 0 Å². The minimum Gasteiger partial charge on any atom is -0.399 e. The molecule has 0 atom stereocenters. The maximum Gasteiger partial charge on any atom is 0.105 e. The van der Waals surface area contributed by atoms with Crippen LogP contribution in [0.3, 0.4) is 0 Å². The molecule has 1 aromatic carbocycles. The van der Waals surface area contributed by atoms with Crippen molar-refractivity contribution in [2.24, 2.45) is 0 Å². The molecular formula is C8H8ClN3S. The molecule has 3 nitrogen and oxygen atoms in total. The van der Waals surface area contributed by atoms with Gasteiger partial charge in [0.05, 0.1) is 0 Å². The summed E-state index contributed by atoms with van der Waals surface area (Å²) in [6, 6.07) is 7.61. The van der Waals surface area contributed by atoms with Crippen molar-refractivity contribution in [2.45, 2.75) is 0 Å². The fourth-order valence-electron chi connectivity index (χ4n) is 0.988. The highest BCUT2D eigenvalue weighted by Gasteiger charge is 1.99. The molecule has 68 valence electrons. The first-order valence-corrected chi connectivity index (χ1v) is 4.33. The highest BCUT2D eigenvalue weighted by Crippen LogP contribution is 2.19. The van der Waals surface area contributed by atoms with Crippen molar-refractivity contribution in [3.8, 4) is 11.3 Å². The van der Waals surface area contributed by atoms with E-state index in [2.05, 4.69) is 9.59 Å². The Morgan fingerprint density at radius 2 is 2.15 bits per heavy atom. The van der Waals surface area contributed by atoms with E-state index in [-0.39, 0.29) is 12.4 Å². The zero-order chi connectivity index (χ0) is 8.39. The van der Waals surface area contributed by atoms with Crippen molar-refractivity contribution in [1.82, 2.24) is 9.59 Å². The summed E-state index contributed by atoms with van der Waals surface area (Å²) in [6.45, 7) is 0. The Bertz CT molecular complexity index is 375. The number of nitrogens with zero attached hydrogens (tertiary/aromatic N) is 2. The lowest BCUT2D eigenvalue weighted by atomic mass is 10.1. The van der Waals surface area contributed by atoms with Crippen molar-refractivity contribution in [3.63, 3.8) is 0 Å². The van der Waals surface area contributed by atoms with Gasteiger partial charge in [-0.05, 0) is 23.7 Å². The Balaban J connectivity index is 0.000000845. The van der Waals surface area contributed by atoms with E-state index in [1.54, 1.807) is 0 Å². The van der Waals surface area contributed by atoms with Crippen LogP contribution in [-0.4, -0.2) is 9.59 Å². The third kappa shape index (κ3) is 2.17. The van der Waals surface area contributed by atoms with E-state index in [0.717, 1.165) is 16.9 Å². The Kier molecular flexibility index (Phi) is 3.22. The molecule has 5 heteroatoms. The predicted molar refractivity (Wildman–Crippen MR) is 57.0 cm³/mol. The minimum atomic E-state index is 0. The molecule has 0 radical (unpaired) electrons. The Morgan fingerprint density at radius 1 is 1.31 bits per heavy atom. The van der Waals surface area contributed by atoms with Gasteiger partial charge in [0.15, 0.2) is 0 Å². The lowest BCUT2D eigenvalue weighted by molar-refractivity contribution is 1.16. The van der Waals surface area contributed by atoms with Gasteiger partial charge in [-0.3, -0.25) is 0 Å². The summed E-state index contributed by atoms with van der Waals surface area (Å²) in [4.78, 5) is 0. The summed E-state index contributed by atoms with van der Waals surface area (Å²) in [5, 5.41) is 5.84. The number of nitrogens with two attached hydrogens (primary N) is 1. The highest BCUT2D eigenvalue weighted by atomic mass is 35.5. The van der Waals surface area contributed by atoms with Gasteiger partial charge in [0, 0.05) is 16.6 Å². The molecule has 2 aromatic rings. The van der Waals surface area contributed by atoms with Crippen LogP contribution in [0.5, 0.6) is 0 Å². The number of rotatable bonds is 1. The number of benzene rings is 1. The van der Waals surface area contributed by atoms with Crippen LogP contribution >= 0.6 is 23.9 Å². The van der Waals surface area contributed by atoms with Crippen LogP contribution in [0.4, 0.5) is 5.69 Å². The summed E-state index contributed by atoms with van der Waals surface area (Å²) in [5.74, 6) is 0. The number of hydrogen-bond acceptors (Lipinski definition) is 4. The lowest BCUT2D eigenvalue weighted by Gasteiger charge is -1.95. The van der Waals surface area contributed by atoms with Gasteiger partial charge in [-0.25, -0.2) is 0 Å². The molecule has 0 saturated carbocycles. The number of anilines is 1.